The Balaban J connectivity index is 1.92. The fourth-order valence-electron chi connectivity index (χ4n) is 3.59. The second-order valence-electron chi connectivity index (χ2n) is 7.36. The van der Waals surface area contributed by atoms with Crippen molar-refractivity contribution in [1.29, 1.82) is 0 Å². The van der Waals surface area contributed by atoms with Crippen LogP contribution in [-0.4, -0.2) is 61.4 Å². The van der Waals surface area contributed by atoms with Gasteiger partial charge >= 0.3 is 0 Å². The number of benzene rings is 1. The summed E-state index contributed by atoms with van der Waals surface area (Å²) in [7, 11) is -6.91. The number of carbonyl (C=O) groups is 1. The lowest BCUT2D eigenvalue weighted by atomic mass is 10.2. The van der Waals surface area contributed by atoms with E-state index in [1.807, 2.05) is 0 Å². The summed E-state index contributed by atoms with van der Waals surface area (Å²) < 4.78 is 52.1. The predicted molar refractivity (Wildman–Crippen MR) is 119 cm³/mol. The maximum absolute atomic E-state index is 13.0. The van der Waals surface area contributed by atoms with Crippen LogP contribution in [0.25, 0.3) is 0 Å². The van der Waals surface area contributed by atoms with Gasteiger partial charge in [0.2, 0.25) is 10.0 Å². The molecule has 1 aliphatic heterocycles. The van der Waals surface area contributed by atoms with E-state index in [4.69, 9.17) is 11.6 Å². The van der Waals surface area contributed by atoms with E-state index in [1.165, 1.54) is 27.2 Å². The zero-order valence-electron chi connectivity index (χ0n) is 17.5. The first-order valence-electron chi connectivity index (χ1n) is 9.86. The molecule has 1 fully saturated rings. The van der Waals surface area contributed by atoms with Crippen LogP contribution in [0.4, 0.5) is 5.82 Å². The number of rotatable bonds is 7. The number of nitrogens with zero attached hydrogens (tertiary/aromatic N) is 3. The standard InChI is InChI=1S/C19H25ClN4O5S2/c1-4-23(5-2)31(28,29)15-6-7-17(20)16(11-15)19(25)21-18-10-13(3)22-24(18)14-8-9-30(26,27)12-14/h6-7,10-11,14H,4-5,8-9,12H2,1-3H3,(H,21,25). The molecule has 31 heavy (non-hydrogen) atoms. The Hall–Kier alpha value is -1.95. The van der Waals surface area contributed by atoms with E-state index in [0.29, 0.717) is 31.0 Å². The van der Waals surface area contributed by atoms with Crippen LogP contribution in [0.15, 0.2) is 29.2 Å². The molecule has 3 rings (SSSR count). The molecule has 1 aromatic carbocycles. The van der Waals surface area contributed by atoms with Crippen molar-refractivity contribution in [2.45, 2.75) is 38.1 Å². The van der Waals surface area contributed by atoms with Crippen molar-refractivity contribution < 1.29 is 21.6 Å². The first-order valence-corrected chi connectivity index (χ1v) is 13.5. The zero-order chi connectivity index (χ0) is 23.0. The average Bonchev–Trinajstić information content (AvgIpc) is 3.23. The van der Waals surface area contributed by atoms with E-state index in [9.17, 15) is 21.6 Å². The number of nitrogens with one attached hydrogen (secondary N) is 1. The molecule has 0 saturated carbocycles. The van der Waals surface area contributed by atoms with Crippen molar-refractivity contribution >= 4 is 43.2 Å². The molecule has 0 spiro atoms. The number of sulfonamides is 1. The highest BCUT2D eigenvalue weighted by Gasteiger charge is 2.32. The third-order valence-corrected chi connectivity index (χ3v) is 9.31. The van der Waals surface area contributed by atoms with E-state index in [-0.39, 0.29) is 33.0 Å². The third kappa shape index (κ3) is 4.94. The number of hydrogen-bond donors (Lipinski definition) is 1. The molecule has 1 amide bonds. The number of carbonyl (C=O) groups excluding carboxylic acids is 1. The van der Waals surface area contributed by atoms with Gasteiger partial charge in [-0.1, -0.05) is 25.4 Å². The van der Waals surface area contributed by atoms with Gasteiger partial charge in [0, 0.05) is 19.2 Å². The number of hydrogen-bond acceptors (Lipinski definition) is 6. The molecule has 1 N–H and O–H groups in total. The van der Waals surface area contributed by atoms with Gasteiger partial charge in [-0.25, -0.2) is 21.5 Å². The summed E-state index contributed by atoms with van der Waals surface area (Å²) in [6.45, 7) is 5.80. The molecule has 170 valence electrons. The molecule has 1 aromatic heterocycles. The summed E-state index contributed by atoms with van der Waals surface area (Å²) in [5, 5.41) is 7.13. The average molecular weight is 489 g/mol. The van der Waals surface area contributed by atoms with Crippen LogP contribution in [0.5, 0.6) is 0 Å². The molecule has 0 radical (unpaired) electrons. The Morgan fingerprint density at radius 3 is 2.55 bits per heavy atom. The molecule has 1 saturated heterocycles. The highest BCUT2D eigenvalue weighted by molar-refractivity contribution is 7.91. The SMILES string of the molecule is CCN(CC)S(=O)(=O)c1ccc(Cl)c(C(=O)Nc2cc(C)nn2C2CCS(=O)(=O)C2)c1. The van der Waals surface area contributed by atoms with Crippen molar-refractivity contribution in [3.63, 3.8) is 0 Å². The van der Waals surface area contributed by atoms with Crippen molar-refractivity contribution in [2.75, 3.05) is 29.9 Å². The molecule has 2 aromatic rings. The molecule has 9 nitrogen and oxygen atoms in total. The summed E-state index contributed by atoms with van der Waals surface area (Å²) in [6, 6.07) is 5.24. The van der Waals surface area contributed by atoms with Gasteiger partial charge in [-0.3, -0.25) is 4.79 Å². The van der Waals surface area contributed by atoms with Gasteiger partial charge in [0.15, 0.2) is 9.84 Å². The van der Waals surface area contributed by atoms with Crippen molar-refractivity contribution in [3.05, 3.63) is 40.5 Å². The lowest BCUT2D eigenvalue weighted by Crippen LogP contribution is -2.30. The highest BCUT2D eigenvalue weighted by atomic mass is 35.5. The Morgan fingerprint density at radius 2 is 1.97 bits per heavy atom. The molecule has 2 heterocycles. The minimum atomic E-state index is -3.77. The van der Waals surface area contributed by atoms with Gasteiger partial charge in [0.05, 0.1) is 38.7 Å². The maximum atomic E-state index is 13.0. The number of halogens is 1. The minimum Gasteiger partial charge on any atom is -0.307 e. The minimum absolute atomic E-state index is 0.000607. The van der Waals surface area contributed by atoms with Gasteiger partial charge in [0.1, 0.15) is 5.82 Å². The van der Waals surface area contributed by atoms with E-state index < -0.39 is 25.8 Å². The molecule has 1 unspecified atom stereocenters. The Kier molecular flexibility index (Phi) is 6.80. The quantitative estimate of drug-likeness (QED) is 0.639. The first kappa shape index (κ1) is 23.7. The molecule has 12 heteroatoms. The summed E-state index contributed by atoms with van der Waals surface area (Å²) >= 11 is 6.19. The number of sulfone groups is 1. The smallest absolute Gasteiger partial charge is 0.258 e. The van der Waals surface area contributed by atoms with Crippen LogP contribution in [0.3, 0.4) is 0 Å². The highest BCUT2D eigenvalue weighted by Crippen LogP contribution is 2.28. The van der Waals surface area contributed by atoms with Crippen molar-refractivity contribution in [3.8, 4) is 0 Å². The van der Waals surface area contributed by atoms with Gasteiger partial charge in [-0.2, -0.15) is 9.40 Å². The summed E-state index contributed by atoms with van der Waals surface area (Å²) in [5.41, 5.74) is 0.614. The second-order valence-corrected chi connectivity index (χ2v) is 11.9. The van der Waals surface area contributed by atoms with Crippen LogP contribution in [0.2, 0.25) is 5.02 Å². The van der Waals surface area contributed by atoms with Crippen LogP contribution in [0.1, 0.15) is 42.4 Å². The predicted octanol–water partition coefficient (Wildman–Crippen LogP) is 2.49. The van der Waals surface area contributed by atoms with E-state index >= 15 is 0 Å². The number of aromatic nitrogens is 2. The zero-order valence-corrected chi connectivity index (χ0v) is 19.9. The number of aryl methyl sites for hydroxylation is 1. The molecular weight excluding hydrogens is 464 g/mol. The molecule has 0 aliphatic carbocycles. The Bertz CT molecular complexity index is 1200. The Morgan fingerprint density at radius 1 is 1.29 bits per heavy atom. The van der Waals surface area contributed by atoms with Gasteiger partial charge in [-0.15, -0.1) is 0 Å². The summed E-state index contributed by atoms with van der Waals surface area (Å²) in [5.74, 6) is -0.252. The first-order chi connectivity index (χ1) is 14.5. The molecule has 1 atom stereocenters. The second kappa shape index (κ2) is 8.89. The molecule has 0 bridgehead atoms. The van der Waals surface area contributed by atoms with E-state index in [2.05, 4.69) is 10.4 Å². The van der Waals surface area contributed by atoms with E-state index in [0.717, 1.165) is 0 Å². The maximum Gasteiger partial charge on any atom is 0.258 e. The van der Waals surface area contributed by atoms with Gasteiger partial charge in [-0.05, 0) is 31.5 Å². The van der Waals surface area contributed by atoms with E-state index in [1.54, 1.807) is 26.8 Å². The fraction of sp³-hybridized carbons (Fsp3) is 0.474. The monoisotopic (exact) mass is 488 g/mol. The number of anilines is 1. The van der Waals surface area contributed by atoms with Gasteiger partial charge in [0.25, 0.3) is 5.91 Å². The van der Waals surface area contributed by atoms with Gasteiger partial charge < -0.3 is 5.32 Å². The largest absolute Gasteiger partial charge is 0.307 e. The normalized spacial score (nSPS) is 18.4. The summed E-state index contributed by atoms with van der Waals surface area (Å²) in [4.78, 5) is 12.9. The van der Waals surface area contributed by atoms with Crippen molar-refractivity contribution in [1.82, 2.24) is 14.1 Å². The Labute approximate surface area is 187 Å². The topological polar surface area (TPSA) is 118 Å². The molecular formula is C19H25ClN4O5S2. The van der Waals surface area contributed by atoms with Crippen LogP contribution >= 0.6 is 11.6 Å². The number of amides is 1. The van der Waals surface area contributed by atoms with Crippen LogP contribution in [0, 0.1) is 6.92 Å². The fourth-order valence-corrected chi connectivity index (χ4v) is 6.97. The molecule has 1 aliphatic rings. The lowest BCUT2D eigenvalue weighted by molar-refractivity contribution is 0.102. The van der Waals surface area contributed by atoms with Crippen molar-refractivity contribution in [2.24, 2.45) is 0 Å². The van der Waals surface area contributed by atoms with Crippen LogP contribution in [-0.2, 0) is 19.9 Å². The third-order valence-electron chi connectivity index (χ3n) is 5.18. The van der Waals surface area contributed by atoms with Crippen LogP contribution < -0.4 is 5.32 Å². The lowest BCUT2D eigenvalue weighted by Gasteiger charge is -2.19. The summed E-state index contributed by atoms with van der Waals surface area (Å²) in [6.07, 6.45) is 0.407.